The molecular formula is C22H21ClN2O. The SMILES string of the molecule is Cc1ccc(-c2cc([C@@H](O)[C@H]3C=CCCN3)c3ccccc3n2)cc1Cl. The molecule has 2 aromatic carbocycles. The third-order valence-electron chi connectivity index (χ3n) is 4.91. The van der Waals surface area contributed by atoms with E-state index in [0.717, 1.165) is 51.3 Å². The number of fused-ring (bicyclic) bond motifs is 1. The van der Waals surface area contributed by atoms with E-state index in [2.05, 4.69) is 11.4 Å². The molecule has 2 N–H and O–H groups in total. The Morgan fingerprint density at radius 1 is 1.19 bits per heavy atom. The van der Waals surface area contributed by atoms with Crippen molar-refractivity contribution in [2.24, 2.45) is 0 Å². The number of hydrogen-bond donors (Lipinski definition) is 2. The summed E-state index contributed by atoms with van der Waals surface area (Å²) in [7, 11) is 0. The van der Waals surface area contributed by atoms with Crippen LogP contribution in [0.1, 0.15) is 23.7 Å². The van der Waals surface area contributed by atoms with Crippen molar-refractivity contribution in [2.75, 3.05) is 6.54 Å². The monoisotopic (exact) mass is 364 g/mol. The number of aliphatic hydroxyl groups is 1. The van der Waals surface area contributed by atoms with Gasteiger partial charge in [-0.15, -0.1) is 0 Å². The van der Waals surface area contributed by atoms with Crippen LogP contribution in [-0.2, 0) is 0 Å². The first-order valence-electron chi connectivity index (χ1n) is 8.88. The molecule has 0 amide bonds. The lowest BCUT2D eigenvalue weighted by Crippen LogP contribution is -2.36. The summed E-state index contributed by atoms with van der Waals surface area (Å²) in [5.74, 6) is 0. The quantitative estimate of drug-likeness (QED) is 0.655. The van der Waals surface area contributed by atoms with Gasteiger partial charge in [-0.1, -0.05) is 54.1 Å². The second-order valence-electron chi connectivity index (χ2n) is 6.72. The first kappa shape index (κ1) is 17.2. The number of pyridine rings is 1. The zero-order valence-corrected chi connectivity index (χ0v) is 15.4. The van der Waals surface area contributed by atoms with Gasteiger partial charge >= 0.3 is 0 Å². The molecule has 3 aromatic rings. The van der Waals surface area contributed by atoms with Gasteiger partial charge in [0, 0.05) is 16.0 Å². The number of nitrogens with one attached hydrogen (secondary N) is 1. The maximum Gasteiger partial charge on any atom is 0.0986 e. The summed E-state index contributed by atoms with van der Waals surface area (Å²) in [6, 6.07) is 15.8. The first-order valence-corrected chi connectivity index (χ1v) is 9.25. The van der Waals surface area contributed by atoms with Crippen molar-refractivity contribution >= 4 is 22.5 Å². The number of halogens is 1. The van der Waals surface area contributed by atoms with Crippen LogP contribution in [0, 0.1) is 6.92 Å². The van der Waals surface area contributed by atoms with Gasteiger partial charge in [-0.3, -0.25) is 0 Å². The van der Waals surface area contributed by atoms with E-state index < -0.39 is 6.10 Å². The molecule has 0 aliphatic carbocycles. The average Bonchev–Trinajstić information content (AvgIpc) is 2.69. The fourth-order valence-electron chi connectivity index (χ4n) is 3.40. The van der Waals surface area contributed by atoms with Crippen LogP contribution in [0.25, 0.3) is 22.2 Å². The Kier molecular flexibility index (Phi) is 4.77. The van der Waals surface area contributed by atoms with Crippen molar-refractivity contribution in [1.29, 1.82) is 0 Å². The lowest BCUT2D eigenvalue weighted by Gasteiger charge is -2.25. The summed E-state index contributed by atoms with van der Waals surface area (Å²) in [5.41, 5.74) is 4.56. The Labute approximate surface area is 158 Å². The van der Waals surface area contributed by atoms with Crippen molar-refractivity contribution in [3.05, 3.63) is 76.8 Å². The van der Waals surface area contributed by atoms with E-state index in [0.29, 0.717) is 0 Å². The molecule has 4 heteroatoms. The molecule has 0 unspecified atom stereocenters. The van der Waals surface area contributed by atoms with E-state index in [9.17, 15) is 5.11 Å². The van der Waals surface area contributed by atoms with Gasteiger partial charge in [0.05, 0.1) is 23.4 Å². The zero-order valence-electron chi connectivity index (χ0n) is 14.6. The Balaban J connectivity index is 1.86. The maximum absolute atomic E-state index is 11.0. The normalized spacial score (nSPS) is 18.2. The standard InChI is InChI=1S/C22H21ClN2O/c1-14-9-10-15(12-18(14)23)21-13-17(16-6-2-3-7-19(16)25-21)22(26)20-8-4-5-11-24-20/h2-4,6-10,12-13,20,22,24,26H,5,11H2,1H3/t20-,22-/m1/s1. The van der Waals surface area contributed by atoms with Gasteiger partial charge in [0.1, 0.15) is 0 Å². The number of benzene rings is 2. The average molecular weight is 365 g/mol. The van der Waals surface area contributed by atoms with Gasteiger partial charge in [-0.05, 0) is 49.2 Å². The van der Waals surface area contributed by atoms with Crippen molar-refractivity contribution in [3.63, 3.8) is 0 Å². The smallest absolute Gasteiger partial charge is 0.0986 e. The third-order valence-corrected chi connectivity index (χ3v) is 5.32. The van der Waals surface area contributed by atoms with E-state index in [1.54, 1.807) is 0 Å². The van der Waals surface area contributed by atoms with E-state index in [1.165, 1.54) is 0 Å². The summed E-state index contributed by atoms with van der Waals surface area (Å²) in [6.45, 7) is 2.86. The molecule has 2 heterocycles. The van der Waals surface area contributed by atoms with Gasteiger partial charge in [0.15, 0.2) is 0 Å². The van der Waals surface area contributed by atoms with Crippen molar-refractivity contribution in [3.8, 4) is 11.3 Å². The molecule has 0 spiro atoms. The fourth-order valence-corrected chi connectivity index (χ4v) is 3.58. The van der Waals surface area contributed by atoms with Crippen LogP contribution in [0.4, 0.5) is 0 Å². The van der Waals surface area contributed by atoms with E-state index in [1.807, 2.05) is 61.5 Å². The van der Waals surface area contributed by atoms with Gasteiger partial charge < -0.3 is 10.4 Å². The van der Waals surface area contributed by atoms with Crippen LogP contribution in [-0.4, -0.2) is 22.7 Å². The lowest BCUT2D eigenvalue weighted by molar-refractivity contribution is 0.147. The minimum Gasteiger partial charge on any atom is -0.386 e. The molecule has 1 aliphatic rings. The Hall–Kier alpha value is -2.20. The highest BCUT2D eigenvalue weighted by molar-refractivity contribution is 6.31. The maximum atomic E-state index is 11.0. The van der Waals surface area contributed by atoms with Crippen LogP contribution < -0.4 is 5.32 Å². The first-order chi connectivity index (χ1) is 12.6. The van der Waals surface area contributed by atoms with Crippen LogP contribution in [0.2, 0.25) is 5.02 Å². The third kappa shape index (κ3) is 3.26. The van der Waals surface area contributed by atoms with Gasteiger partial charge in [0.25, 0.3) is 0 Å². The summed E-state index contributed by atoms with van der Waals surface area (Å²) in [4.78, 5) is 4.80. The topological polar surface area (TPSA) is 45.1 Å². The minimum atomic E-state index is -0.640. The molecule has 26 heavy (non-hydrogen) atoms. The molecule has 4 rings (SSSR count). The van der Waals surface area contributed by atoms with Crippen molar-refractivity contribution in [2.45, 2.75) is 25.5 Å². The van der Waals surface area contributed by atoms with Gasteiger partial charge in [-0.25, -0.2) is 4.98 Å². The number of aromatic nitrogens is 1. The van der Waals surface area contributed by atoms with Crippen molar-refractivity contribution in [1.82, 2.24) is 10.3 Å². The number of para-hydroxylation sites is 1. The molecule has 1 aromatic heterocycles. The molecule has 0 radical (unpaired) electrons. The number of rotatable bonds is 3. The van der Waals surface area contributed by atoms with Crippen LogP contribution >= 0.6 is 11.6 Å². The summed E-state index contributed by atoms with van der Waals surface area (Å²) >= 11 is 6.31. The van der Waals surface area contributed by atoms with Crippen LogP contribution in [0.15, 0.2) is 60.7 Å². The summed E-state index contributed by atoms with van der Waals surface area (Å²) < 4.78 is 0. The molecule has 132 valence electrons. The second kappa shape index (κ2) is 7.20. The molecule has 0 bridgehead atoms. The highest BCUT2D eigenvalue weighted by Gasteiger charge is 2.22. The zero-order chi connectivity index (χ0) is 18.1. The predicted molar refractivity (Wildman–Crippen MR) is 107 cm³/mol. The molecule has 3 nitrogen and oxygen atoms in total. The second-order valence-corrected chi connectivity index (χ2v) is 7.13. The van der Waals surface area contributed by atoms with Gasteiger partial charge in [0.2, 0.25) is 0 Å². The number of nitrogens with zero attached hydrogens (tertiary/aromatic N) is 1. The van der Waals surface area contributed by atoms with E-state index in [4.69, 9.17) is 16.6 Å². The van der Waals surface area contributed by atoms with Crippen LogP contribution in [0.5, 0.6) is 0 Å². The number of hydrogen-bond acceptors (Lipinski definition) is 3. The molecule has 2 atom stereocenters. The van der Waals surface area contributed by atoms with Crippen LogP contribution in [0.3, 0.4) is 0 Å². The molecule has 0 fully saturated rings. The van der Waals surface area contributed by atoms with Gasteiger partial charge in [-0.2, -0.15) is 0 Å². The van der Waals surface area contributed by atoms with E-state index >= 15 is 0 Å². The minimum absolute atomic E-state index is 0.0935. The Morgan fingerprint density at radius 3 is 2.81 bits per heavy atom. The highest BCUT2D eigenvalue weighted by atomic mass is 35.5. The molecular weight excluding hydrogens is 344 g/mol. The fraction of sp³-hybridized carbons (Fsp3) is 0.227. The highest BCUT2D eigenvalue weighted by Crippen LogP contribution is 2.32. The lowest BCUT2D eigenvalue weighted by atomic mass is 9.94. The predicted octanol–water partition coefficient (Wildman–Crippen LogP) is 4.82. The summed E-state index contributed by atoms with van der Waals surface area (Å²) in [5, 5.41) is 16.1. The van der Waals surface area contributed by atoms with Crippen molar-refractivity contribution < 1.29 is 5.11 Å². The molecule has 0 saturated heterocycles. The number of aryl methyl sites for hydroxylation is 1. The largest absolute Gasteiger partial charge is 0.386 e. The molecule has 0 saturated carbocycles. The van der Waals surface area contributed by atoms with E-state index in [-0.39, 0.29) is 6.04 Å². The Bertz CT molecular complexity index is 983. The summed E-state index contributed by atoms with van der Waals surface area (Å²) in [6.07, 6.45) is 4.52. The Morgan fingerprint density at radius 2 is 2.04 bits per heavy atom. The number of aliphatic hydroxyl groups excluding tert-OH is 1. The molecule has 1 aliphatic heterocycles.